The molecule has 2 aliphatic rings. The van der Waals surface area contributed by atoms with Crippen LogP contribution in [0.3, 0.4) is 0 Å². The predicted molar refractivity (Wildman–Crippen MR) is 169 cm³/mol. The van der Waals surface area contributed by atoms with Crippen molar-refractivity contribution in [1.82, 2.24) is 9.97 Å². The number of nitrogens with zero attached hydrogens (tertiary/aromatic N) is 2. The number of fused-ring (bicyclic) bond motifs is 4. The average Bonchev–Trinajstić information content (AvgIpc) is 3.03. The maximum absolute atomic E-state index is 6.20. The largest absolute Gasteiger partial charge is 0.503 e. The first-order valence-electron chi connectivity index (χ1n) is 14.0. The van der Waals surface area contributed by atoms with Gasteiger partial charge < -0.3 is 19.4 Å². The summed E-state index contributed by atoms with van der Waals surface area (Å²) in [4.78, 5) is 8.88. The third-order valence-electron chi connectivity index (χ3n) is 7.80. The van der Waals surface area contributed by atoms with E-state index in [4.69, 9.17) is 9.47 Å². The van der Waals surface area contributed by atoms with Gasteiger partial charge in [-0.3, -0.25) is 0 Å². The Labute approximate surface area is 266 Å². The Morgan fingerprint density at radius 2 is 1.35 bits per heavy atom. The van der Waals surface area contributed by atoms with E-state index in [9.17, 15) is 0 Å². The molecule has 2 aliphatic heterocycles. The van der Waals surface area contributed by atoms with E-state index in [1.165, 1.54) is 16.7 Å². The Bertz CT molecular complexity index is 1910. The van der Waals surface area contributed by atoms with Crippen LogP contribution in [0.1, 0.15) is 16.7 Å². The Hall–Kier alpha value is -4.51. The summed E-state index contributed by atoms with van der Waals surface area (Å²) in [7, 11) is 0. The molecule has 0 bridgehead atoms. The van der Waals surface area contributed by atoms with Crippen LogP contribution in [0.4, 0.5) is 0 Å². The Balaban J connectivity index is 0.000000176. The van der Waals surface area contributed by atoms with Gasteiger partial charge in [0, 0.05) is 43.7 Å². The van der Waals surface area contributed by atoms with Crippen LogP contribution in [0.25, 0.3) is 22.5 Å². The van der Waals surface area contributed by atoms with Crippen LogP contribution in [0.5, 0.6) is 23.0 Å². The number of benzene rings is 4. The van der Waals surface area contributed by atoms with Crippen molar-refractivity contribution in [2.24, 2.45) is 0 Å². The number of aryl methyl sites for hydroxylation is 3. The summed E-state index contributed by atoms with van der Waals surface area (Å²) in [6.07, 6.45) is 3.72. The van der Waals surface area contributed by atoms with Crippen LogP contribution in [0.15, 0.2) is 109 Å². The summed E-state index contributed by atoms with van der Waals surface area (Å²) in [5.41, 5.74) is 11.0. The first-order chi connectivity index (χ1) is 20.5. The Morgan fingerprint density at radius 3 is 2.09 bits per heavy atom. The van der Waals surface area contributed by atoms with Crippen LogP contribution < -0.4 is 25.9 Å². The molecule has 0 spiro atoms. The molecule has 2 aromatic heterocycles. The first kappa shape index (κ1) is 28.6. The molecule has 6 aromatic rings. The zero-order valence-electron chi connectivity index (χ0n) is 24.0. The van der Waals surface area contributed by atoms with Gasteiger partial charge >= 0.3 is 0 Å². The van der Waals surface area contributed by atoms with Crippen molar-refractivity contribution < 1.29 is 29.6 Å². The van der Waals surface area contributed by atoms with Crippen LogP contribution >= 0.6 is 0 Å². The van der Waals surface area contributed by atoms with Gasteiger partial charge in [-0.05, 0) is 60.5 Å². The molecule has 0 atom stereocenters. The summed E-state index contributed by atoms with van der Waals surface area (Å²) in [5.74, 6) is 3.43. The first-order valence-corrected chi connectivity index (χ1v) is 14.0. The maximum atomic E-state index is 6.20. The third-order valence-corrected chi connectivity index (χ3v) is 7.80. The van der Waals surface area contributed by atoms with Gasteiger partial charge in [0.2, 0.25) is 6.71 Å². The van der Waals surface area contributed by atoms with Crippen molar-refractivity contribution in [2.75, 3.05) is 0 Å². The van der Waals surface area contributed by atoms with Gasteiger partial charge in [0.25, 0.3) is 0 Å². The fraction of sp³-hybridized carbons (Fsp3) is 0.0811. The van der Waals surface area contributed by atoms with Gasteiger partial charge in [0.15, 0.2) is 0 Å². The molecule has 1 radical (unpaired) electrons. The molecule has 8 rings (SSSR count). The quantitative estimate of drug-likeness (QED) is 0.146. The Morgan fingerprint density at radius 1 is 0.605 bits per heavy atom. The number of ether oxygens (including phenoxy) is 2. The van der Waals surface area contributed by atoms with E-state index in [2.05, 4.69) is 79.3 Å². The van der Waals surface area contributed by atoms with E-state index in [-0.39, 0.29) is 26.8 Å². The number of rotatable bonds is 2. The van der Waals surface area contributed by atoms with Crippen molar-refractivity contribution in [3.8, 4) is 45.5 Å². The molecule has 4 heterocycles. The van der Waals surface area contributed by atoms with E-state index in [1.807, 2.05) is 66.9 Å². The predicted octanol–water partition coefficient (Wildman–Crippen LogP) is 6.75. The molecule has 0 unspecified atom stereocenters. The molecule has 4 aromatic carbocycles. The second-order valence-electron chi connectivity index (χ2n) is 10.7. The summed E-state index contributed by atoms with van der Waals surface area (Å²) >= 11 is 0. The molecule has 43 heavy (non-hydrogen) atoms. The van der Waals surface area contributed by atoms with E-state index < -0.39 is 0 Å². The fourth-order valence-electron chi connectivity index (χ4n) is 5.43. The number of pyridine rings is 2. The molecule has 6 heteroatoms. The van der Waals surface area contributed by atoms with Crippen LogP contribution in [-0.2, 0) is 20.1 Å². The molecule has 0 N–H and O–H groups in total. The zero-order valence-corrected chi connectivity index (χ0v) is 26.4. The van der Waals surface area contributed by atoms with E-state index in [0.29, 0.717) is 0 Å². The van der Waals surface area contributed by atoms with E-state index in [0.717, 1.165) is 61.9 Å². The van der Waals surface area contributed by atoms with Gasteiger partial charge in [-0.2, -0.15) is 0 Å². The number of aromatic nitrogens is 2. The van der Waals surface area contributed by atoms with Crippen molar-refractivity contribution in [3.63, 3.8) is 0 Å². The third kappa shape index (κ3) is 5.52. The molecular weight excluding hydrogens is 707 g/mol. The molecule has 0 aliphatic carbocycles. The van der Waals surface area contributed by atoms with Crippen molar-refractivity contribution in [3.05, 3.63) is 138 Å². The number of para-hydroxylation sites is 1. The standard InChI is InChI=1S/C23H13BNO2.C14H14N.Ir/c1-2-8-19-16(6-1)24-17-14-15(18-7-3-4-13-25-18)11-12-20(17)27-22-10-5-9-21(26-19)23(22)24;1-10-4-6-13(7-5-10)14-8-11(2)12(3)9-15-14;/h1-10,12-14H;4-6,8-9H,1-3H3;/q2*-1;. The van der Waals surface area contributed by atoms with Crippen LogP contribution in [0, 0.1) is 32.9 Å². The fourth-order valence-corrected chi connectivity index (χ4v) is 5.43. The zero-order chi connectivity index (χ0) is 28.6. The summed E-state index contributed by atoms with van der Waals surface area (Å²) in [6, 6.07) is 39.0. The van der Waals surface area contributed by atoms with Crippen LogP contribution in [-0.4, -0.2) is 16.7 Å². The second-order valence-corrected chi connectivity index (χ2v) is 10.7. The molecular formula is C37H27BIrN2O2-2. The minimum Gasteiger partial charge on any atom is -0.503 e. The summed E-state index contributed by atoms with van der Waals surface area (Å²) in [6.45, 7) is 6.32. The molecule has 4 nitrogen and oxygen atoms in total. The van der Waals surface area contributed by atoms with Crippen molar-refractivity contribution in [1.29, 1.82) is 0 Å². The smallest absolute Gasteiger partial charge is 0.241 e. The van der Waals surface area contributed by atoms with Gasteiger partial charge in [0.05, 0.1) is 0 Å². The normalized spacial score (nSPS) is 11.7. The summed E-state index contributed by atoms with van der Waals surface area (Å²) < 4.78 is 12.4. The van der Waals surface area contributed by atoms with Gasteiger partial charge in [0.1, 0.15) is 17.2 Å². The van der Waals surface area contributed by atoms with Gasteiger partial charge in [-0.15, -0.1) is 64.6 Å². The summed E-state index contributed by atoms with van der Waals surface area (Å²) in [5, 5.41) is 0. The molecule has 0 fully saturated rings. The molecule has 0 amide bonds. The monoisotopic (exact) mass is 735 g/mol. The minimum atomic E-state index is 0. The molecule has 0 saturated heterocycles. The SMILES string of the molecule is Cc1c[c-]c(-c2cc(C)c(C)cn2)cc1.[Ir].[c-]1cc2c(cc1-c1ccccn1)B1c3ccccc3Oc3cccc(c31)O2. The van der Waals surface area contributed by atoms with Crippen molar-refractivity contribution in [2.45, 2.75) is 20.8 Å². The van der Waals surface area contributed by atoms with E-state index in [1.54, 1.807) is 6.20 Å². The minimum absolute atomic E-state index is 0. The number of hydrogen-bond donors (Lipinski definition) is 0. The van der Waals surface area contributed by atoms with Gasteiger partial charge in [-0.1, -0.05) is 55.0 Å². The average molecular weight is 735 g/mol. The Kier molecular flexibility index (Phi) is 7.99. The molecule has 0 saturated carbocycles. The second kappa shape index (κ2) is 12.0. The maximum Gasteiger partial charge on any atom is 0.241 e. The topological polar surface area (TPSA) is 44.2 Å². The van der Waals surface area contributed by atoms with E-state index >= 15 is 0 Å². The number of hydrogen-bond acceptors (Lipinski definition) is 4. The molecule has 211 valence electrons. The van der Waals surface area contributed by atoms with Crippen molar-refractivity contribution >= 4 is 23.1 Å². The van der Waals surface area contributed by atoms with Crippen LogP contribution in [0.2, 0.25) is 0 Å². The van der Waals surface area contributed by atoms with Gasteiger partial charge in [-0.25, -0.2) is 0 Å².